The minimum atomic E-state index is -1.26. The Bertz CT molecular complexity index is 663. The van der Waals surface area contributed by atoms with Crippen LogP contribution in [0.2, 0.25) is 0 Å². The van der Waals surface area contributed by atoms with E-state index in [2.05, 4.69) is 11.8 Å². The first-order valence-corrected chi connectivity index (χ1v) is 6.62. The van der Waals surface area contributed by atoms with Crippen LogP contribution in [0.25, 0.3) is 0 Å². The highest BCUT2D eigenvalue weighted by atomic mass is 16.4. The highest BCUT2D eigenvalue weighted by Gasteiger charge is 2.26. The van der Waals surface area contributed by atoms with Crippen molar-refractivity contribution >= 4 is 5.97 Å². The van der Waals surface area contributed by atoms with Crippen molar-refractivity contribution in [2.75, 3.05) is 0 Å². The summed E-state index contributed by atoms with van der Waals surface area (Å²) in [5.74, 6) is 3.29. The van der Waals surface area contributed by atoms with Gasteiger partial charge in [0.1, 0.15) is 12.0 Å². The zero-order chi connectivity index (χ0) is 15.2. The van der Waals surface area contributed by atoms with Crippen molar-refractivity contribution in [2.24, 2.45) is 0 Å². The van der Waals surface area contributed by atoms with E-state index in [1.54, 1.807) is 30.3 Å². The molecule has 2 N–H and O–H groups in total. The second kappa shape index (κ2) is 6.74. The molecule has 0 aliphatic carbocycles. The maximum Gasteiger partial charge on any atom is 0.314 e. The molecule has 0 spiro atoms. The maximum atomic E-state index is 11.4. The van der Waals surface area contributed by atoms with Gasteiger partial charge >= 0.3 is 5.97 Å². The third-order valence-electron chi connectivity index (χ3n) is 3.16. The smallest absolute Gasteiger partial charge is 0.314 e. The molecule has 0 amide bonds. The van der Waals surface area contributed by atoms with Gasteiger partial charge in [-0.15, -0.1) is 0 Å². The van der Waals surface area contributed by atoms with E-state index in [4.69, 9.17) is 0 Å². The van der Waals surface area contributed by atoms with Crippen LogP contribution in [-0.2, 0) is 4.79 Å². The Balaban J connectivity index is 2.23. The van der Waals surface area contributed by atoms with Crippen LogP contribution in [0.5, 0.6) is 0 Å². The van der Waals surface area contributed by atoms with Crippen LogP contribution in [0, 0.1) is 18.8 Å². The van der Waals surface area contributed by atoms with Crippen molar-refractivity contribution in [3.63, 3.8) is 0 Å². The number of aliphatic hydroxyl groups excluding tert-OH is 1. The summed E-state index contributed by atoms with van der Waals surface area (Å²) in [6, 6.07) is 16.2. The topological polar surface area (TPSA) is 57.5 Å². The summed E-state index contributed by atoms with van der Waals surface area (Å²) in [4.78, 5) is 11.4. The monoisotopic (exact) mass is 280 g/mol. The molecule has 0 heterocycles. The quantitative estimate of drug-likeness (QED) is 0.850. The van der Waals surface area contributed by atoms with Crippen molar-refractivity contribution < 1.29 is 15.0 Å². The Hall–Kier alpha value is -2.57. The van der Waals surface area contributed by atoms with Crippen molar-refractivity contribution in [3.05, 3.63) is 71.3 Å². The predicted molar refractivity (Wildman–Crippen MR) is 80.9 cm³/mol. The summed E-state index contributed by atoms with van der Waals surface area (Å²) < 4.78 is 0. The van der Waals surface area contributed by atoms with Crippen molar-refractivity contribution in [2.45, 2.75) is 18.9 Å². The minimum absolute atomic E-state index is 0.538. The molecular weight excluding hydrogens is 264 g/mol. The SMILES string of the molecule is Cc1ccc(C#C[C@@H](O)[C@H](C(=O)O)c2ccccc2)cc1. The predicted octanol–water partition coefficient (Wildman–Crippen LogP) is 2.58. The van der Waals surface area contributed by atoms with Gasteiger partial charge in [0, 0.05) is 5.56 Å². The van der Waals surface area contributed by atoms with Gasteiger partial charge in [-0.25, -0.2) is 0 Å². The zero-order valence-corrected chi connectivity index (χ0v) is 11.7. The first kappa shape index (κ1) is 14.8. The fourth-order valence-electron chi connectivity index (χ4n) is 2.00. The maximum absolute atomic E-state index is 11.4. The first-order valence-electron chi connectivity index (χ1n) is 6.62. The lowest BCUT2D eigenvalue weighted by molar-refractivity contribution is -0.140. The van der Waals surface area contributed by atoms with Gasteiger partial charge in [-0.3, -0.25) is 4.79 Å². The molecule has 0 aliphatic rings. The summed E-state index contributed by atoms with van der Waals surface area (Å²) in [5.41, 5.74) is 2.40. The lowest BCUT2D eigenvalue weighted by Gasteiger charge is -2.14. The van der Waals surface area contributed by atoms with E-state index in [1.165, 1.54) is 0 Å². The molecule has 21 heavy (non-hydrogen) atoms. The third-order valence-corrected chi connectivity index (χ3v) is 3.16. The van der Waals surface area contributed by atoms with Crippen LogP contribution in [0.1, 0.15) is 22.6 Å². The fourth-order valence-corrected chi connectivity index (χ4v) is 2.00. The number of carboxylic acids is 1. The Morgan fingerprint density at radius 2 is 1.67 bits per heavy atom. The number of rotatable bonds is 3. The number of hydrogen-bond donors (Lipinski definition) is 2. The van der Waals surface area contributed by atoms with E-state index < -0.39 is 18.0 Å². The number of carboxylic acid groups (broad SMARTS) is 1. The van der Waals surface area contributed by atoms with Gasteiger partial charge in [0.05, 0.1) is 0 Å². The summed E-state index contributed by atoms with van der Waals surface area (Å²) in [6.45, 7) is 1.97. The van der Waals surface area contributed by atoms with E-state index in [0.717, 1.165) is 11.1 Å². The zero-order valence-electron chi connectivity index (χ0n) is 11.7. The molecule has 0 saturated heterocycles. The van der Waals surface area contributed by atoms with Gasteiger partial charge in [0.2, 0.25) is 0 Å². The molecule has 0 aromatic heterocycles. The molecule has 0 radical (unpaired) electrons. The fraction of sp³-hybridized carbons (Fsp3) is 0.167. The molecule has 2 aromatic rings. The molecule has 0 unspecified atom stereocenters. The molecule has 3 heteroatoms. The summed E-state index contributed by atoms with van der Waals surface area (Å²) in [5, 5.41) is 19.4. The number of hydrogen-bond acceptors (Lipinski definition) is 2. The lowest BCUT2D eigenvalue weighted by Crippen LogP contribution is -2.24. The summed E-state index contributed by atoms with van der Waals surface area (Å²) in [6.07, 6.45) is -1.26. The van der Waals surface area contributed by atoms with E-state index in [1.807, 2.05) is 31.2 Å². The Kier molecular flexibility index (Phi) is 4.76. The summed E-state index contributed by atoms with van der Waals surface area (Å²) >= 11 is 0. The Morgan fingerprint density at radius 1 is 1.05 bits per heavy atom. The minimum Gasteiger partial charge on any atom is -0.481 e. The number of benzene rings is 2. The van der Waals surface area contributed by atoms with Crippen molar-refractivity contribution in [1.82, 2.24) is 0 Å². The van der Waals surface area contributed by atoms with Gasteiger partial charge < -0.3 is 10.2 Å². The van der Waals surface area contributed by atoms with Gasteiger partial charge in [0.15, 0.2) is 0 Å². The molecule has 0 aliphatic heterocycles. The van der Waals surface area contributed by atoms with Crippen LogP contribution < -0.4 is 0 Å². The lowest BCUT2D eigenvalue weighted by atomic mass is 9.93. The highest BCUT2D eigenvalue weighted by molar-refractivity contribution is 5.77. The van der Waals surface area contributed by atoms with Crippen molar-refractivity contribution in [1.29, 1.82) is 0 Å². The van der Waals surface area contributed by atoms with Crippen LogP contribution in [-0.4, -0.2) is 22.3 Å². The van der Waals surface area contributed by atoms with Crippen LogP contribution >= 0.6 is 0 Å². The van der Waals surface area contributed by atoms with Crippen LogP contribution in [0.15, 0.2) is 54.6 Å². The molecule has 2 rings (SSSR count). The first-order chi connectivity index (χ1) is 10.1. The normalized spacial score (nSPS) is 12.9. The second-order valence-electron chi connectivity index (χ2n) is 4.81. The van der Waals surface area contributed by atoms with Gasteiger partial charge in [-0.1, -0.05) is 59.9 Å². The van der Waals surface area contributed by atoms with E-state index in [9.17, 15) is 15.0 Å². The molecule has 2 atom stereocenters. The van der Waals surface area contributed by atoms with Crippen LogP contribution in [0.4, 0.5) is 0 Å². The molecular formula is C18H16O3. The number of aliphatic carboxylic acids is 1. The van der Waals surface area contributed by atoms with E-state index >= 15 is 0 Å². The van der Waals surface area contributed by atoms with Gasteiger partial charge in [-0.2, -0.15) is 0 Å². The largest absolute Gasteiger partial charge is 0.481 e. The van der Waals surface area contributed by atoms with E-state index in [0.29, 0.717) is 5.56 Å². The van der Waals surface area contributed by atoms with Gasteiger partial charge in [0.25, 0.3) is 0 Å². The Labute approximate surface area is 123 Å². The molecule has 106 valence electrons. The molecule has 0 fully saturated rings. The number of carbonyl (C=O) groups is 1. The third kappa shape index (κ3) is 3.95. The van der Waals surface area contributed by atoms with Gasteiger partial charge in [-0.05, 0) is 24.6 Å². The molecule has 2 aromatic carbocycles. The van der Waals surface area contributed by atoms with Crippen molar-refractivity contribution in [3.8, 4) is 11.8 Å². The molecule has 3 nitrogen and oxygen atoms in total. The highest BCUT2D eigenvalue weighted by Crippen LogP contribution is 2.19. The average molecular weight is 280 g/mol. The number of aliphatic hydroxyl groups is 1. The average Bonchev–Trinajstić information content (AvgIpc) is 2.47. The van der Waals surface area contributed by atoms with E-state index in [-0.39, 0.29) is 0 Å². The molecule has 0 saturated carbocycles. The van der Waals surface area contributed by atoms with Crippen LogP contribution in [0.3, 0.4) is 0 Å². The summed E-state index contributed by atoms with van der Waals surface area (Å²) in [7, 11) is 0. The second-order valence-corrected chi connectivity index (χ2v) is 4.81. The number of aryl methyl sites for hydroxylation is 1. The molecule has 0 bridgehead atoms. The standard InChI is InChI=1S/C18H16O3/c1-13-7-9-14(10-8-13)11-12-16(19)17(18(20)21)15-5-3-2-4-6-15/h2-10,16-17,19H,1H3,(H,20,21)/t16-,17-/m1/s1. The Morgan fingerprint density at radius 3 is 2.24 bits per heavy atom.